The van der Waals surface area contributed by atoms with E-state index in [9.17, 15) is 19.0 Å². The molecule has 0 heterocycles. The zero-order valence-electron chi connectivity index (χ0n) is 39.2. The highest BCUT2D eigenvalue weighted by Crippen LogP contribution is 2.43. The van der Waals surface area contributed by atoms with Crippen LogP contribution in [0.5, 0.6) is 0 Å². The van der Waals surface area contributed by atoms with Gasteiger partial charge < -0.3 is 18.9 Å². The maximum Gasteiger partial charge on any atom is 0.472 e. The Morgan fingerprint density at radius 3 is 1.43 bits per heavy atom. The Labute approximate surface area is 368 Å². The van der Waals surface area contributed by atoms with Crippen molar-refractivity contribution >= 4 is 19.8 Å². The van der Waals surface area contributed by atoms with Gasteiger partial charge in [-0.05, 0) is 77.0 Å². The monoisotopic (exact) mass is 865 g/mol. The molecule has 348 valence electrons. The van der Waals surface area contributed by atoms with Gasteiger partial charge in [-0.25, -0.2) is 4.57 Å². The molecule has 0 saturated heterocycles. The van der Waals surface area contributed by atoms with E-state index < -0.39 is 26.5 Å². The van der Waals surface area contributed by atoms with Crippen LogP contribution in [0, 0.1) is 0 Å². The van der Waals surface area contributed by atoms with Crippen LogP contribution < -0.4 is 0 Å². The Bertz CT molecular complexity index is 1210. The first-order valence-electron chi connectivity index (χ1n) is 24.0. The van der Waals surface area contributed by atoms with E-state index in [4.69, 9.17) is 18.5 Å². The third-order valence-electron chi connectivity index (χ3n) is 10.0. The molecule has 0 aliphatic rings. The van der Waals surface area contributed by atoms with Gasteiger partial charge in [0.05, 0.1) is 27.7 Å². The molecule has 0 bridgehead atoms. The van der Waals surface area contributed by atoms with Crippen LogP contribution >= 0.6 is 7.82 Å². The number of carbonyl (C=O) groups is 2. The minimum absolute atomic E-state index is 0.0256. The summed E-state index contributed by atoms with van der Waals surface area (Å²) in [5.41, 5.74) is 0. The molecular formula is C50H91NO8P+. The first-order valence-corrected chi connectivity index (χ1v) is 25.5. The average molecular weight is 865 g/mol. The summed E-state index contributed by atoms with van der Waals surface area (Å²) >= 11 is 0. The number of rotatable bonds is 43. The molecule has 0 aromatic rings. The predicted molar refractivity (Wildman–Crippen MR) is 252 cm³/mol. The molecule has 9 nitrogen and oxygen atoms in total. The van der Waals surface area contributed by atoms with E-state index in [1.54, 1.807) is 0 Å². The van der Waals surface area contributed by atoms with Crippen molar-refractivity contribution in [2.45, 2.75) is 200 Å². The van der Waals surface area contributed by atoms with Crippen molar-refractivity contribution in [1.82, 2.24) is 0 Å². The zero-order chi connectivity index (χ0) is 44.3. The predicted octanol–water partition coefficient (Wildman–Crippen LogP) is 14.0. The zero-order valence-corrected chi connectivity index (χ0v) is 40.1. The largest absolute Gasteiger partial charge is 0.472 e. The van der Waals surface area contributed by atoms with E-state index >= 15 is 0 Å². The first kappa shape index (κ1) is 57.7. The highest BCUT2D eigenvalue weighted by molar-refractivity contribution is 7.47. The normalized spacial score (nSPS) is 14.0. The molecule has 0 aromatic carbocycles. The van der Waals surface area contributed by atoms with Crippen LogP contribution in [0.15, 0.2) is 60.8 Å². The third-order valence-corrected chi connectivity index (χ3v) is 11.0. The maximum atomic E-state index is 12.7. The number of esters is 2. The fourth-order valence-electron chi connectivity index (χ4n) is 6.29. The Morgan fingerprint density at radius 2 is 0.950 bits per heavy atom. The van der Waals surface area contributed by atoms with Crippen LogP contribution in [0.1, 0.15) is 194 Å². The Morgan fingerprint density at radius 1 is 0.533 bits per heavy atom. The standard InChI is InChI=1S/C50H90NO8P/c1-6-8-10-12-14-16-18-20-22-24-25-27-29-31-33-35-37-39-41-43-50(53)59-48(47-58-60(54,55)57-45-44-51(3,4)5)46-56-49(52)42-40-38-36-34-32-30-28-26-23-21-19-17-15-13-11-9-7-2/h8,10,14,16,20-23,25,27,48H,6-7,9,11-13,15,17-19,24,26,28-47H2,1-5H3/p+1/b10-8-,16-14-,22-20-,23-21-,27-25-. The van der Waals surface area contributed by atoms with Crippen LogP contribution in [0.25, 0.3) is 0 Å². The van der Waals surface area contributed by atoms with E-state index in [0.29, 0.717) is 17.4 Å². The molecule has 2 atom stereocenters. The fraction of sp³-hybridized carbons (Fsp3) is 0.760. The molecular weight excluding hydrogens is 774 g/mol. The second kappa shape index (κ2) is 42.0. The summed E-state index contributed by atoms with van der Waals surface area (Å²) in [6.07, 6.45) is 51.2. The summed E-state index contributed by atoms with van der Waals surface area (Å²) in [5, 5.41) is 0. The van der Waals surface area contributed by atoms with Crippen LogP contribution in [0.3, 0.4) is 0 Å². The van der Waals surface area contributed by atoms with Crippen LogP contribution in [-0.4, -0.2) is 74.9 Å². The number of carbonyl (C=O) groups excluding carboxylic acids is 2. The molecule has 2 unspecified atom stereocenters. The summed E-state index contributed by atoms with van der Waals surface area (Å²) in [4.78, 5) is 35.5. The average Bonchev–Trinajstić information content (AvgIpc) is 3.20. The molecule has 1 N–H and O–H groups in total. The summed E-state index contributed by atoms with van der Waals surface area (Å²) < 4.78 is 34.4. The molecule has 0 aliphatic heterocycles. The van der Waals surface area contributed by atoms with Gasteiger partial charge >= 0.3 is 19.8 Å². The highest BCUT2D eigenvalue weighted by Gasteiger charge is 2.27. The lowest BCUT2D eigenvalue weighted by atomic mass is 10.1. The van der Waals surface area contributed by atoms with E-state index in [2.05, 4.69) is 74.6 Å². The van der Waals surface area contributed by atoms with E-state index in [1.807, 2.05) is 21.1 Å². The van der Waals surface area contributed by atoms with Crippen LogP contribution in [0.4, 0.5) is 0 Å². The third kappa shape index (κ3) is 45.2. The Hall–Kier alpha value is -2.29. The topological polar surface area (TPSA) is 108 Å². The number of hydrogen-bond donors (Lipinski definition) is 1. The SMILES string of the molecule is CC/C=C\C/C=C\C/C=C\C/C=C\CCCCCCCCC(=O)OC(COC(=O)CCCCCCCCC/C=C\CCCCCCCC)COP(=O)(O)OCC[N+](C)(C)C. The number of phosphoric ester groups is 1. The summed E-state index contributed by atoms with van der Waals surface area (Å²) in [7, 11) is 1.46. The van der Waals surface area contributed by atoms with Gasteiger partial charge in [0.1, 0.15) is 19.8 Å². The van der Waals surface area contributed by atoms with Gasteiger partial charge in [-0.2, -0.15) is 0 Å². The lowest BCUT2D eigenvalue weighted by molar-refractivity contribution is -0.870. The smallest absolute Gasteiger partial charge is 0.462 e. The number of allylic oxidation sites excluding steroid dienone is 10. The molecule has 0 rings (SSSR count). The van der Waals surface area contributed by atoms with Gasteiger partial charge in [-0.3, -0.25) is 18.6 Å². The highest BCUT2D eigenvalue weighted by atomic mass is 31.2. The van der Waals surface area contributed by atoms with Gasteiger partial charge in [-0.15, -0.1) is 0 Å². The number of nitrogens with zero attached hydrogens (tertiary/aromatic N) is 1. The number of hydrogen-bond acceptors (Lipinski definition) is 7. The Kier molecular flexibility index (Phi) is 40.4. The molecule has 0 amide bonds. The second-order valence-electron chi connectivity index (χ2n) is 17.1. The van der Waals surface area contributed by atoms with Crippen LogP contribution in [-0.2, 0) is 32.7 Å². The lowest BCUT2D eigenvalue weighted by Gasteiger charge is -2.24. The minimum atomic E-state index is -4.39. The fourth-order valence-corrected chi connectivity index (χ4v) is 7.04. The van der Waals surface area contributed by atoms with Gasteiger partial charge in [0.25, 0.3) is 0 Å². The summed E-state index contributed by atoms with van der Waals surface area (Å²) in [5.74, 6) is -0.820. The second-order valence-corrected chi connectivity index (χ2v) is 18.6. The quantitative estimate of drug-likeness (QED) is 0.0212. The maximum absolute atomic E-state index is 12.7. The van der Waals surface area contributed by atoms with Crippen molar-refractivity contribution in [3.8, 4) is 0 Å². The number of unbranched alkanes of at least 4 members (excludes halogenated alkanes) is 19. The summed E-state index contributed by atoms with van der Waals surface area (Å²) in [6.45, 7) is 4.29. The first-order chi connectivity index (χ1) is 29.0. The molecule has 0 aromatic heterocycles. The molecule has 10 heteroatoms. The van der Waals surface area contributed by atoms with Gasteiger partial charge in [0, 0.05) is 12.8 Å². The van der Waals surface area contributed by atoms with Crippen LogP contribution in [0.2, 0.25) is 0 Å². The number of likely N-dealkylation sites (N-methyl/N-ethyl adjacent to an activating group) is 1. The minimum Gasteiger partial charge on any atom is -0.462 e. The van der Waals surface area contributed by atoms with Gasteiger partial charge in [0.2, 0.25) is 0 Å². The molecule has 0 saturated carbocycles. The van der Waals surface area contributed by atoms with Crippen molar-refractivity contribution in [2.75, 3.05) is 47.5 Å². The summed E-state index contributed by atoms with van der Waals surface area (Å²) in [6, 6.07) is 0. The molecule has 0 spiro atoms. The number of phosphoric acid groups is 1. The van der Waals surface area contributed by atoms with E-state index in [1.165, 1.54) is 64.2 Å². The van der Waals surface area contributed by atoms with Gasteiger partial charge in [-0.1, -0.05) is 164 Å². The molecule has 0 aliphatic carbocycles. The van der Waals surface area contributed by atoms with Crippen molar-refractivity contribution in [1.29, 1.82) is 0 Å². The van der Waals surface area contributed by atoms with Crippen molar-refractivity contribution in [3.63, 3.8) is 0 Å². The molecule has 0 fully saturated rings. The van der Waals surface area contributed by atoms with Crippen molar-refractivity contribution in [3.05, 3.63) is 60.8 Å². The molecule has 0 radical (unpaired) electrons. The lowest BCUT2D eigenvalue weighted by Crippen LogP contribution is -2.37. The molecule has 60 heavy (non-hydrogen) atoms. The van der Waals surface area contributed by atoms with Crippen molar-refractivity contribution in [2.24, 2.45) is 0 Å². The van der Waals surface area contributed by atoms with Gasteiger partial charge in [0.15, 0.2) is 6.10 Å². The number of quaternary nitrogens is 1. The van der Waals surface area contributed by atoms with E-state index in [-0.39, 0.29) is 32.0 Å². The van der Waals surface area contributed by atoms with Crippen molar-refractivity contribution < 1.29 is 42.1 Å². The number of ether oxygens (including phenoxy) is 2. The Balaban J connectivity index is 4.34. The van der Waals surface area contributed by atoms with E-state index in [0.717, 1.165) is 96.3 Å².